The number of aliphatic hydroxyl groups excluding tert-OH is 1. The van der Waals surface area contributed by atoms with Gasteiger partial charge in [0.15, 0.2) is 0 Å². The van der Waals surface area contributed by atoms with E-state index in [4.69, 9.17) is 9.47 Å². The van der Waals surface area contributed by atoms with E-state index in [1.165, 1.54) is 0 Å². The quantitative estimate of drug-likeness (QED) is 0.862. The van der Waals surface area contributed by atoms with Crippen molar-refractivity contribution in [3.8, 4) is 5.75 Å². The van der Waals surface area contributed by atoms with Gasteiger partial charge in [0.2, 0.25) is 0 Å². The molecule has 0 saturated carbocycles. The zero-order valence-electron chi connectivity index (χ0n) is 11.3. The first-order valence-corrected chi connectivity index (χ1v) is 7.72. The Morgan fingerprint density at radius 2 is 2.37 bits per heavy atom. The van der Waals surface area contributed by atoms with Crippen LogP contribution >= 0.6 is 15.9 Å². The van der Waals surface area contributed by atoms with Gasteiger partial charge in [-0.1, -0.05) is 6.07 Å². The summed E-state index contributed by atoms with van der Waals surface area (Å²) in [5.41, 5.74) is 0.924. The molecule has 2 unspecified atom stereocenters. The molecule has 1 saturated heterocycles. The number of aliphatic hydroxyl groups is 1. The van der Waals surface area contributed by atoms with Gasteiger partial charge in [0.1, 0.15) is 5.75 Å². The molecule has 1 aromatic carbocycles. The average Bonchev–Trinajstić information content (AvgIpc) is 2.91. The van der Waals surface area contributed by atoms with Gasteiger partial charge in [-0.15, -0.1) is 0 Å². The van der Waals surface area contributed by atoms with Crippen LogP contribution in [0, 0.1) is 0 Å². The Labute approximate surface area is 123 Å². The van der Waals surface area contributed by atoms with Crippen LogP contribution in [0.25, 0.3) is 0 Å². The van der Waals surface area contributed by atoms with Crippen LogP contribution in [0.4, 0.5) is 0 Å². The monoisotopic (exact) mass is 328 g/mol. The van der Waals surface area contributed by atoms with E-state index in [1.54, 1.807) is 0 Å². The van der Waals surface area contributed by atoms with Gasteiger partial charge in [-0.2, -0.15) is 0 Å². The minimum atomic E-state index is -0.434. The molecular formula is C15H21BrO3. The van der Waals surface area contributed by atoms with Crippen LogP contribution in [0.15, 0.2) is 22.7 Å². The van der Waals surface area contributed by atoms with Crippen molar-refractivity contribution in [1.29, 1.82) is 0 Å². The topological polar surface area (TPSA) is 38.7 Å². The molecule has 106 valence electrons. The van der Waals surface area contributed by atoms with Crippen molar-refractivity contribution in [3.05, 3.63) is 28.2 Å². The lowest BCUT2D eigenvalue weighted by molar-refractivity contribution is 0.0812. The summed E-state index contributed by atoms with van der Waals surface area (Å²) < 4.78 is 11.9. The van der Waals surface area contributed by atoms with Crippen LogP contribution in [0.1, 0.15) is 44.3 Å². The summed E-state index contributed by atoms with van der Waals surface area (Å²) in [5.74, 6) is 0.817. The summed E-state index contributed by atoms with van der Waals surface area (Å²) in [6, 6.07) is 5.76. The Hall–Kier alpha value is -0.580. The molecule has 0 aromatic heterocycles. The molecule has 4 heteroatoms. The number of rotatable bonds is 6. The number of halogens is 1. The van der Waals surface area contributed by atoms with Crippen LogP contribution in [0.3, 0.4) is 0 Å². The normalized spacial score (nSPS) is 20.5. The maximum Gasteiger partial charge on any atom is 0.133 e. The number of hydrogen-bond donors (Lipinski definition) is 1. The van der Waals surface area contributed by atoms with Crippen molar-refractivity contribution < 1.29 is 14.6 Å². The lowest BCUT2D eigenvalue weighted by Crippen LogP contribution is -2.08. The van der Waals surface area contributed by atoms with E-state index < -0.39 is 6.10 Å². The maximum absolute atomic E-state index is 10.2. The summed E-state index contributed by atoms with van der Waals surface area (Å²) in [5, 5.41) is 10.2. The van der Waals surface area contributed by atoms with E-state index in [0.29, 0.717) is 12.7 Å². The molecule has 2 rings (SSSR count). The van der Waals surface area contributed by atoms with E-state index in [0.717, 1.165) is 48.1 Å². The fourth-order valence-corrected chi connectivity index (χ4v) is 2.89. The van der Waals surface area contributed by atoms with Gasteiger partial charge in [-0.25, -0.2) is 0 Å². The third-order valence-electron chi connectivity index (χ3n) is 3.43. The second-order valence-corrected chi connectivity index (χ2v) is 5.71. The Bertz CT molecular complexity index is 402. The molecule has 0 aliphatic carbocycles. The van der Waals surface area contributed by atoms with Gasteiger partial charge in [0.05, 0.1) is 23.3 Å². The third kappa shape index (κ3) is 4.20. The van der Waals surface area contributed by atoms with Gasteiger partial charge >= 0.3 is 0 Å². The molecular weight excluding hydrogens is 308 g/mol. The Balaban J connectivity index is 1.90. The average molecular weight is 329 g/mol. The summed E-state index contributed by atoms with van der Waals surface area (Å²) in [6.45, 7) is 3.46. The van der Waals surface area contributed by atoms with Gasteiger partial charge in [-0.05, 0) is 66.2 Å². The lowest BCUT2D eigenvalue weighted by atomic mass is 10.0. The molecule has 0 amide bonds. The number of ether oxygens (including phenoxy) is 2. The second kappa shape index (κ2) is 7.27. The van der Waals surface area contributed by atoms with Crippen molar-refractivity contribution >= 4 is 15.9 Å². The van der Waals surface area contributed by atoms with Crippen LogP contribution in [0.5, 0.6) is 5.75 Å². The predicted octanol–water partition coefficient (Wildman–Crippen LogP) is 3.84. The lowest BCUT2D eigenvalue weighted by Gasteiger charge is -2.15. The highest BCUT2D eigenvalue weighted by Gasteiger charge is 2.18. The van der Waals surface area contributed by atoms with Crippen LogP contribution in [-0.4, -0.2) is 24.4 Å². The highest BCUT2D eigenvalue weighted by Crippen LogP contribution is 2.30. The predicted molar refractivity (Wildman–Crippen MR) is 78.5 cm³/mol. The molecule has 0 bridgehead atoms. The molecule has 1 N–H and O–H groups in total. The van der Waals surface area contributed by atoms with Crippen LogP contribution in [0.2, 0.25) is 0 Å². The van der Waals surface area contributed by atoms with Gasteiger partial charge in [0, 0.05) is 6.61 Å². The molecule has 2 atom stereocenters. The van der Waals surface area contributed by atoms with E-state index >= 15 is 0 Å². The minimum Gasteiger partial charge on any atom is -0.493 e. The van der Waals surface area contributed by atoms with E-state index in [1.807, 2.05) is 25.1 Å². The number of hydrogen-bond acceptors (Lipinski definition) is 3. The molecule has 0 radical (unpaired) electrons. The molecule has 1 aromatic rings. The molecule has 1 heterocycles. The maximum atomic E-state index is 10.2. The third-order valence-corrected chi connectivity index (χ3v) is 4.05. The van der Waals surface area contributed by atoms with E-state index in [2.05, 4.69) is 15.9 Å². The largest absolute Gasteiger partial charge is 0.493 e. The fraction of sp³-hybridized carbons (Fsp3) is 0.600. The molecule has 19 heavy (non-hydrogen) atoms. The van der Waals surface area contributed by atoms with Crippen molar-refractivity contribution in [3.63, 3.8) is 0 Å². The molecule has 3 nitrogen and oxygen atoms in total. The fourth-order valence-electron chi connectivity index (χ4n) is 2.38. The minimum absolute atomic E-state index is 0.334. The first-order valence-electron chi connectivity index (χ1n) is 6.92. The zero-order chi connectivity index (χ0) is 13.7. The van der Waals surface area contributed by atoms with E-state index in [-0.39, 0.29) is 0 Å². The van der Waals surface area contributed by atoms with Crippen molar-refractivity contribution in [2.24, 2.45) is 0 Å². The van der Waals surface area contributed by atoms with E-state index in [9.17, 15) is 5.11 Å². The van der Waals surface area contributed by atoms with Crippen molar-refractivity contribution in [2.45, 2.75) is 44.8 Å². The Morgan fingerprint density at radius 3 is 3.00 bits per heavy atom. The second-order valence-electron chi connectivity index (χ2n) is 4.85. The standard InChI is InChI=1S/C15H21BrO3/c1-2-18-15-8-5-11(10-13(15)16)14(17)7-6-12-4-3-9-19-12/h5,8,10,12,14,17H,2-4,6-7,9H2,1H3. The van der Waals surface area contributed by atoms with Gasteiger partial charge < -0.3 is 14.6 Å². The molecule has 1 aliphatic heterocycles. The molecule has 1 aliphatic rings. The summed E-state index contributed by atoms with van der Waals surface area (Å²) in [7, 11) is 0. The molecule has 1 fully saturated rings. The van der Waals surface area contributed by atoms with Gasteiger partial charge in [-0.3, -0.25) is 0 Å². The first-order chi connectivity index (χ1) is 9.20. The zero-order valence-corrected chi connectivity index (χ0v) is 12.9. The summed E-state index contributed by atoms with van der Waals surface area (Å²) >= 11 is 3.47. The SMILES string of the molecule is CCOc1ccc(C(O)CCC2CCCO2)cc1Br. The van der Waals surface area contributed by atoms with Crippen LogP contribution < -0.4 is 4.74 Å². The molecule has 0 spiro atoms. The smallest absolute Gasteiger partial charge is 0.133 e. The van der Waals surface area contributed by atoms with Crippen LogP contribution in [-0.2, 0) is 4.74 Å². The number of benzene rings is 1. The Morgan fingerprint density at radius 1 is 1.53 bits per heavy atom. The van der Waals surface area contributed by atoms with Crippen molar-refractivity contribution in [1.82, 2.24) is 0 Å². The highest BCUT2D eigenvalue weighted by molar-refractivity contribution is 9.10. The Kier molecular flexibility index (Phi) is 5.67. The summed E-state index contributed by atoms with van der Waals surface area (Å²) in [4.78, 5) is 0. The highest BCUT2D eigenvalue weighted by atomic mass is 79.9. The van der Waals surface area contributed by atoms with Gasteiger partial charge in [0.25, 0.3) is 0 Å². The first kappa shape index (κ1) is 14.8. The van der Waals surface area contributed by atoms with Crippen molar-refractivity contribution in [2.75, 3.05) is 13.2 Å². The summed E-state index contributed by atoms with van der Waals surface area (Å²) in [6.07, 6.45) is 3.84.